The molecule has 0 aromatic carbocycles. The van der Waals surface area contributed by atoms with Crippen LogP contribution in [0.5, 0.6) is 0 Å². The number of carbonyl (C=O) groups is 1. The lowest BCUT2D eigenvalue weighted by atomic mass is 9.91. The summed E-state index contributed by atoms with van der Waals surface area (Å²) in [4.78, 5) is 18.9. The average Bonchev–Trinajstić information content (AvgIpc) is 3.20. The van der Waals surface area contributed by atoms with Crippen molar-refractivity contribution in [3.8, 4) is 0 Å². The Bertz CT molecular complexity index is 443. The molecular formula is C17H26N2O2. The molecule has 0 N–H and O–H groups in total. The van der Waals surface area contributed by atoms with Gasteiger partial charge in [-0.3, -0.25) is 4.79 Å². The van der Waals surface area contributed by atoms with Gasteiger partial charge in [0, 0.05) is 24.9 Å². The second-order valence-electron chi connectivity index (χ2n) is 6.76. The van der Waals surface area contributed by atoms with E-state index >= 15 is 0 Å². The maximum Gasteiger partial charge on any atom is 0.225 e. The molecule has 1 aromatic heterocycles. The minimum Gasteiger partial charge on any atom is -0.449 e. The third-order valence-electron chi connectivity index (χ3n) is 5.19. The van der Waals surface area contributed by atoms with E-state index in [2.05, 4.69) is 16.8 Å². The van der Waals surface area contributed by atoms with Crippen molar-refractivity contribution in [2.75, 3.05) is 13.1 Å². The number of nitrogens with zero attached hydrogens (tertiary/aromatic N) is 2. The second-order valence-corrected chi connectivity index (χ2v) is 6.76. The summed E-state index contributed by atoms with van der Waals surface area (Å²) in [7, 11) is 0. The molecular weight excluding hydrogens is 264 g/mol. The predicted molar refractivity (Wildman–Crippen MR) is 80.8 cm³/mol. The zero-order chi connectivity index (χ0) is 14.7. The van der Waals surface area contributed by atoms with Crippen molar-refractivity contribution in [1.29, 1.82) is 0 Å². The van der Waals surface area contributed by atoms with Crippen molar-refractivity contribution >= 4 is 5.91 Å². The molecule has 0 unspecified atom stereocenters. The summed E-state index contributed by atoms with van der Waals surface area (Å²) >= 11 is 0. The molecule has 4 heteroatoms. The van der Waals surface area contributed by atoms with Crippen LogP contribution in [-0.2, 0) is 4.79 Å². The van der Waals surface area contributed by atoms with Crippen LogP contribution in [0, 0.1) is 11.8 Å². The van der Waals surface area contributed by atoms with Crippen LogP contribution in [-0.4, -0.2) is 28.9 Å². The van der Waals surface area contributed by atoms with Gasteiger partial charge in [-0.15, -0.1) is 0 Å². The zero-order valence-corrected chi connectivity index (χ0v) is 13.0. The van der Waals surface area contributed by atoms with Crippen molar-refractivity contribution in [2.24, 2.45) is 11.8 Å². The van der Waals surface area contributed by atoms with Gasteiger partial charge in [0.05, 0.1) is 6.20 Å². The van der Waals surface area contributed by atoms with Gasteiger partial charge in [-0.2, -0.15) is 0 Å². The van der Waals surface area contributed by atoms with Gasteiger partial charge in [0.15, 0.2) is 5.89 Å². The highest BCUT2D eigenvalue weighted by atomic mass is 16.3. The summed E-state index contributed by atoms with van der Waals surface area (Å²) in [6.45, 7) is 3.81. The van der Waals surface area contributed by atoms with E-state index in [1.165, 1.54) is 25.7 Å². The largest absolute Gasteiger partial charge is 0.449 e. The molecule has 1 aliphatic heterocycles. The maximum atomic E-state index is 12.6. The molecule has 0 radical (unpaired) electrons. The Morgan fingerprint density at radius 1 is 1.33 bits per heavy atom. The fourth-order valence-electron chi connectivity index (χ4n) is 3.94. The van der Waals surface area contributed by atoms with Crippen molar-refractivity contribution in [1.82, 2.24) is 9.88 Å². The number of likely N-dealkylation sites (tertiary alicyclic amines) is 1. The van der Waals surface area contributed by atoms with Gasteiger partial charge in [-0.05, 0) is 25.2 Å². The molecule has 2 heterocycles. The van der Waals surface area contributed by atoms with Crippen molar-refractivity contribution < 1.29 is 9.21 Å². The van der Waals surface area contributed by atoms with Crippen LogP contribution in [0.25, 0.3) is 0 Å². The highest BCUT2D eigenvalue weighted by molar-refractivity contribution is 5.78. The van der Waals surface area contributed by atoms with Gasteiger partial charge in [-0.25, -0.2) is 4.98 Å². The minimum absolute atomic E-state index is 0.186. The Kier molecular flexibility index (Phi) is 4.61. The van der Waals surface area contributed by atoms with Crippen LogP contribution in [0.4, 0.5) is 0 Å². The monoisotopic (exact) mass is 290 g/mol. The highest BCUT2D eigenvalue weighted by Gasteiger charge is 2.29. The third kappa shape index (κ3) is 3.47. The van der Waals surface area contributed by atoms with E-state index in [1.807, 2.05) is 0 Å². The van der Waals surface area contributed by atoms with Crippen LogP contribution in [0.3, 0.4) is 0 Å². The Morgan fingerprint density at radius 2 is 2.05 bits per heavy atom. The van der Waals surface area contributed by atoms with E-state index in [-0.39, 0.29) is 5.92 Å². The number of amides is 1. The second kappa shape index (κ2) is 6.63. The highest BCUT2D eigenvalue weighted by Crippen LogP contribution is 2.32. The molecule has 1 atom stereocenters. The molecule has 0 bridgehead atoms. The molecule has 1 amide bonds. The minimum atomic E-state index is 0.186. The Morgan fingerprint density at radius 3 is 2.67 bits per heavy atom. The van der Waals surface area contributed by atoms with Crippen LogP contribution < -0.4 is 0 Å². The number of aromatic nitrogens is 1. The Balaban J connectivity index is 1.47. The van der Waals surface area contributed by atoms with Crippen molar-refractivity contribution in [3.05, 3.63) is 18.4 Å². The summed E-state index contributed by atoms with van der Waals surface area (Å²) < 4.78 is 5.39. The molecule has 116 valence electrons. The molecule has 1 saturated carbocycles. The van der Waals surface area contributed by atoms with Gasteiger partial charge in [0.25, 0.3) is 0 Å². The summed E-state index contributed by atoms with van der Waals surface area (Å²) in [5.41, 5.74) is 0. The summed E-state index contributed by atoms with van der Waals surface area (Å²) in [5, 5.41) is 0. The average molecular weight is 290 g/mol. The zero-order valence-electron chi connectivity index (χ0n) is 13.0. The Labute approximate surface area is 126 Å². The molecule has 21 heavy (non-hydrogen) atoms. The number of hydrogen-bond acceptors (Lipinski definition) is 3. The first-order valence-corrected chi connectivity index (χ1v) is 8.42. The molecule has 3 rings (SSSR count). The molecule has 1 saturated heterocycles. The summed E-state index contributed by atoms with van der Waals surface area (Å²) in [6, 6.07) is 0. The van der Waals surface area contributed by atoms with Crippen LogP contribution in [0.15, 0.2) is 16.9 Å². The smallest absolute Gasteiger partial charge is 0.225 e. The standard InChI is InChI=1S/C17H26N2O2/c1-13(12-14-4-2-3-5-14)17(20)19-9-6-15(7-10-19)16-18-8-11-21-16/h8,11,13-15H,2-7,9-10,12H2,1H3/t13-/m0/s1. The topological polar surface area (TPSA) is 46.3 Å². The first-order chi connectivity index (χ1) is 10.2. The fourth-order valence-corrected chi connectivity index (χ4v) is 3.94. The van der Waals surface area contributed by atoms with E-state index in [9.17, 15) is 4.79 Å². The molecule has 0 spiro atoms. The summed E-state index contributed by atoms with van der Waals surface area (Å²) in [5.74, 6) is 2.54. The number of oxazole rings is 1. The lowest BCUT2D eigenvalue weighted by Gasteiger charge is -2.33. The number of piperidine rings is 1. The normalized spacial score (nSPS) is 22.6. The van der Waals surface area contributed by atoms with Gasteiger partial charge in [0.2, 0.25) is 5.91 Å². The van der Waals surface area contributed by atoms with Gasteiger partial charge >= 0.3 is 0 Å². The molecule has 4 nitrogen and oxygen atoms in total. The summed E-state index contributed by atoms with van der Waals surface area (Å²) in [6.07, 6.45) is 11.7. The Hall–Kier alpha value is -1.32. The molecule has 1 aromatic rings. The van der Waals surface area contributed by atoms with Crippen molar-refractivity contribution in [3.63, 3.8) is 0 Å². The van der Waals surface area contributed by atoms with E-state index in [0.29, 0.717) is 11.8 Å². The number of rotatable bonds is 4. The third-order valence-corrected chi connectivity index (χ3v) is 5.19. The van der Waals surface area contributed by atoms with Gasteiger partial charge in [-0.1, -0.05) is 32.6 Å². The fraction of sp³-hybridized carbons (Fsp3) is 0.765. The molecule has 1 aliphatic carbocycles. The lowest BCUT2D eigenvalue weighted by Crippen LogP contribution is -2.41. The quantitative estimate of drug-likeness (QED) is 0.851. The van der Waals surface area contributed by atoms with E-state index in [0.717, 1.165) is 44.2 Å². The van der Waals surface area contributed by atoms with Gasteiger partial charge < -0.3 is 9.32 Å². The van der Waals surface area contributed by atoms with E-state index < -0.39 is 0 Å². The van der Waals surface area contributed by atoms with Gasteiger partial charge in [0.1, 0.15) is 6.26 Å². The first kappa shape index (κ1) is 14.6. The van der Waals surface area contributed by atoms with E-state index in [1.54, 1.807) is 12.5 Å². The first-order valence-electron chi connectivity index (χ1n) is 8.42. The van der Waals surface area contributed by atoms with Crippen LogP contribution >= 0.6 is 0 Å². The maximum absolute atomic E-state index is 12.6. The van der Waals surface area contributed by atoms with Crippen LogP contribution in [0.1, 0.15) is 63.7 Å². The SMILES string of the molecule is C[C@@H](CC1CCCC1)C(=O)N1CCC(c2ncco2)CC1. The number of hydrogen-bond donors (Lipinski definition) is 0. The van der Waals surface area contributed by atoms with Crippen LogP contribution in [0.2, 0.25) is 0 Å². The predicted octanol–water partition coefficient (Wildman–Crippen LogP) is 3.60. The number of carbonyl (C=O) groups excluding carboxylic acids is 1. The van der Waals surface area contributed by atoms with Crippen molar-refractivity contribution in [2.45, 2.75) is 57.8 Å². The molecule has 2 fully saturated rings. The lowest BCUT2D eigenvalue weighted by molar-refractivity contribution is -0.136. The molecule has 2 aliphatic rings. The van der Waals surface area contributed by atoms with E-state index in [4.69, 9.17) is 4.42 Å².